The Morgan fingerprint density at radius 1 is 0.458 bits per heavy atom. The second kappa shape index (κ2) is 16.6. The summed E-state index contributed by atoms with van der Waals surface area (Å²) in [6, 6.07) is 56.7. The molecule has 2 aromatic heterocycles. The summed E-state index contributed by atoms with van der Waals surface area (Å²) < 4.78 is 9.46. The molecule has 5 nitrogen and oxygen atoms in total. The van der Waals surface area contributed by atoms with E-state index in [4.69, 9.17) is 9.72 Å². The molecule has 0 spiro atoms. The molecule has 0 radical (unpaired) electrons. The summed E-state index contributed by atoms with van der Waals surface area (Å²) in [5, 5.41) is 5.61. The highest BCUT2D eigenvalue weighted by atomic mass is 28.3. The number of aromatic nitrogens is 2. The number of fused-ring (bicyclic) bond motifs is 1. The fraction of sp³-hybridized carbons (Fsp3) is 0.288. The predicted octanol–water partition coefficient (Wildman–Crippen LogP) is 16.9. The molecule has 0 bridgehead atoms. The summed E-state index contributed by atoms with van der Waals surface area (Å²) in [4.78, 5) is 10.0. The van der Waals surface area contributed by atoms with E-state index >= 15 is 0 Å². The molecule has 2 aliphatic rings. The van der Waals surface area contributed by atoms with Crippen molar-refractivity contribution in [3.8, 4) is 39.6 Å². The van der Waals surface area contributed by atoms with Gasteiger partial charge in [-0.05, 0) is 126 Å². The van der Waals surface area contributed by atoms with Gasteiger partial charge in [-0.2, -0.15) is 0 Å². The minimum Gasteiger partial charge on any atom is -0.457 e. The van der Waals surface area contributed by atoms with Crippen LogP contribution in [0.2, 0.25) is 13.1 Å². The molecule has 0 amide bonds. The zero-order valence-electron chi connectivity index (χ0n) is 44.9. The molecule has 364 valence electrons. The van der Waals surface area contributed by atoms with E-state index in [0.717, 1.165) is 34.2 Å². The Kier molecular flexibility index (Phi) is 10.9. The summed E-state index contributed by atoms with van der Waals surface area (Å²) >= 11 is 0. The quantitative estimate of drug-likeness (QED) is 0.149. The molecule has 0 saturated carbocycles. The number of anilines is 4. The molecule has 72 heavy (non-hydrogen) atoms. The maximum absolute atomic E-state index is 7.10. The number of ether oxygens (including phenoxy) is 1. The van der Waals surface area contributed by atoms with Crippen LogP contribution in [0, 0.1) is 0 Å². The zero-order chi connectivity index (χ0) is 50.9. The van der Waals surface area contributed by atoms with Crippen LogP contribution in [0.3, 0.4) is 0 Å². The highest BCUT2D eigenvalue weighted by Crippen LogP contribution is 2.52. The number of nitrogens with zero attached hydrogens (tertiary/aromatic N) is 4. The van der Waals surface area contributed by atoms with Crippen molar-refractivity contribution in [1.29, 1.82) is 0 Å². The molecule has 6 heteroatoms. The Balaban J connectivity index is 1.05. The van der Waals surface area contributed by atoms with Crippen molar-refractivity contribution >= 4 is 63.0 Å². The lowest BCUT2D eigenvalue weighted by Gasteiger charge is -2.31. The van der Waals surface area contributed by atoms with Crippen molar-refractivity contribution in [1.82, 2.24) is 9.55 Å². The van der Waals surface area contributed by atoms with Gasteiger partial charge in [-0.1, -0.05) is 175 Å². The molecule has 0 aliphatic carbocycles. The van der Waals surface area contributed by atoms with E-state index in [1.165, 1.54) is 82.5 Å². The Labute approximate surface area is 429 Å². The van der Waals surface area contributed by atoms with Gasteiger partial charge >= 0.3 is 0 Å². The van der Waals surface area contributed by atoms with Gasteiger partial charge in [0.1, 0.15) is 32.1 Å². The molecule has 11 rings (SSSR count). The van der Waals surface area contributed by atoms with Crippen molar-refractivity contribution in [3.05, 3.63) is 180 Å². The Hall–Kier alpha value is -6.89. The van der Waals surface area contributed by atoms with Gasteiger partial charge in [-0.25, -0.2) is 4.98 Å². The summed E-state index contributed by atoms with van der Waals surface area (Å²) in [5.74, 6) is 2.58. The average molecular weight is 963 g/mol. The van der Waals surface area contributed by atoms with E-state index < -0.39 is 8.07 Å². The molecule has 0 N–H and O–H groups in total. The minimum atomic E-state index is -2.04. The summed E-state index contributed by atoms with van der Waals surface area (Å²) in [6.07, 6.45) is 1.96. The highest BCUT2D eigenvalue weighted by molar-refractivity contribution is 7.05. The van der Waals surface area contributed by atoms with Gasteiger partial charge in [-0.15, -0.1) is 0 Å². The van der Waals surface area contributed by atoms with E-state index in [1.807, 2.05) is 6.20 Å². The lowest BCUT2D eigenvalue weighted by Crippen LogP contribution is -2.49. The van der Waals surface area contributed by atoms with E-state index in [-0.39, 0.29) is 21.7 Å². The van der Waals surface area contributed by atoms with Crippen molar-refractivity contribution in [3.63, 3.8) is 0 Å². The number of pyridine rings is 1. The maximum Gasteiger partial charge on any atom is 0.137 e. The first-order valence-electron chi connectivity index (χ1n) is 25.9. The SMILES string of the molecule is CC(C)(C)c1cc(-c2cc(C(C)(C)C)cc(-c3ccccc3)c2N2CN(c3cccc(Oc4cc5c6c7c(cccc7n(-c7cc(C(C)(C)C)ccn7)c6c4)[Si]5(C)C)c3)c3ccccc32)cc(C(C)(C)C)c1. The zero-order valence-corrected chi connectivity index (χ0v) is 45.9. The smallest absolute Gasteiger partial charge is 0.137 e. The molecule has 0 fully saturated rings. The minimum absolute atomic E-state index is 0.0114. The van der Waals surface area contributed by atoms with E-state index in [9.17, 15) is 0 Å². The predicted molar refractivity (Wildman–Crippen MR) is 310 cm³/mol. The van der Waals surface area contributed by atoms with Crippen LogP contribution in [0.5, 0.6) is 11.5 Å². The molecule has 4 heterocycles. The number of hydrogen-bond donors (Lipinski definition) is 0. The van der Waals surface area contributed by atoms with Gasteiger partial charge in [0.15, 0.2) is 0 Å². The second-order valence-corrected chi connectivity index (χ2v) is 29.4. The monoisotopic (exact) mass is 963 g/mol. The van der Waals surface area contributed by atoms with Gasteiger partial charge < -0.3 is 14.5 Å². The largest absolute Gasteiger partial charge is 0.457 e. The van der Waals surface area contributed by atoms with Gasteiger partial charge in [0.2, 0.25) is 0 Å². The van der Waals surface area contributed by atoms with Crippen molar-refractivity contribution in [2.75, 3.05) is 16.5 Å². The average Bonchev–Trinajstić information content (AvgIpc) is 3.96. The van der Waals surface area contributed by atoms with Gasteiger partial charge in [0.05, 0.1) is 28.1 Å². The number of hydrogen-bond acceptors (Lipinski definition) is 4. The normalized spacial score (nSPS) is 14.5. The first kappa shape index (κ1) is 47.4. The Morgan fingerprint density at radius 2 is 1.04 bits per heavy atom. The molecular weight excluding hydrogens is 893 g/mol. The molecule has 7 aromatic carbocycles. The molecule has 0 unspecified atom stereocenters. The van der Waals surface area contributed by atoms with Crippen LogP contribution in [-0.2, 0) is 21.7 Å². The summed E-state index contributed by atoms with van der Waals surface area (Å²) in [6.45, 7) is 33.4. The van der Waals surface area contributed by atoms with Crippen molar-refractivity contribution in [2.45, 2.75) is 118 Å². The van der Waals surface area contributed by atoms with E-state index in [1.54, 1.807) is 0 Å². The number of para-hydroxylation sites is 2. The van der Waals surface area contributed by atoms with Crippen LogP contribution < -0.4 is 24.9 Å². The highest BCUT2D eigenvalue weighted by Gasteiger charge is 2.39. The summed E-state index contributed by atoms with van der Waals surface area (Å²) in [5.41, 5.74) is 17.0. The van der Waals surface area contributed by atoms with E-state index in [2.05, 4.69) is 262 Å². The third-order valence-electron chi connectivity index (χ3n) is 15.5. The van der Waals surface area contributed by atoms with Crippen LogP contribution in [-0.4, -0.2) is 24.3 Å². The molecule has 0 saturated heterocycles. The van der Waals surface area contributed by atoms with Crippen LogP contribution >= 0.6 is 0 Å². The first-order chi connectivity index (χ1) is 34.0. The lowest BCUT2D eigenvalue weighted by atomic mass is 9.77. The fourth-order valence-electron chi connectivity index (χ4n) is 11.2. The van der Waals surface area contributed by atoms with Crippen LogP contribution in [0.25, 0.3) is 49.9 Å². The summed E-state index contributed by atoms with van der Waals surface area (Å²) in [7, 11) is -2.04. The first-order valence-corrected chi connectivity index (χ1v) is 28.9. The van der Waals surface area contributed by atoms with Crippen LogP contribution in [0.15, 0.2) is 158 Å². The standard InChI is InChI=1S/C66H70N4OSi/c1-63(2,3)44-30-31-67-59(37-44)70-55-28-21-29-57-60(55)61-56(70)39-50(40-58(61)72(57,13)14)71-49-25-20-24-48(38-49)68-41-69(54-27-19-18-26-53(54)68)62-51(42-22-16-15-17-23-42)35-47(66(10,11)12)36-52(62)43-32-45(64(4,5)6)34-46(33-43)65(7,8)9/h15-40H,41H2,1-14H3. The lowest BCUT2D eigenvalue weighted by molar-refractivity contribution is 0.483. The second-order valence-electron chi connectivity index (χ2n) is 25.1. The topological polar surface area (TPSA) is 33.5 Å². The molecule has 9 aromatic rings. The van der Waals surface area contributed by atoms with Crippen LogP contribution in [0.4, 0.5) is 22.7 Å². The van der Waals surface area contributed by atoms with Gasteiger partial charge in [0.25, 0.3) is 0 Å². The number of benzene rings is 7. The van der Waals surface area contributed by atoms with Gasteiger partial charge in [0, 0.05) is 45.9 Å². The molecule has 0 atom stereocenters. The molecule has 2 aliphatic heterocycles. The third kappa shape index (κ3) is 8.03. The third-order valence-corrected chi connectivity index (χ3v) is 19.0. The Morgan fingerprint density at radius 3 is 1.69 bits per heavy atom. The maximum atomic E-state index is 7.10. The van der Waals surface area contributed by atoms with Crippen molar-refractivity contribution in [2.24, 2.45) is 0 Å². The number of rotatable bonds is 7. The Bertz CT molecular complexity index is 3580. The van der Waals surface area contributed by atoms with E-state index in [0.29, 0.717) is 6.67 Å². The van der Waals surface area contributed by atoms with Crippen molar-refractivity contribution < 1.29 is 4.74 Å². The fourth-order valence-corrected chi connectivity index (χ4v) is 14.2. The van der Waals surface area contributed by atoms with Gasteiger partial charge in [-0.3, -0.25) is 4.57 Å². The molecular formula is C66H70N4OSi. The van der Waals surface area contributed by atoms with Crippen LogP contribution in [0.1, 0.15) is 105 Å².